The van der Waals surface area contributed by atoms with Crippen molar-refractivity contribution in [2.24, 2.45) is 0 Å². The Labute approximate surface area is 112 Å². The molecule has 0 unspecified atom stereocenters. The number of benzene rings is 1. The molecule has 1 aliphatic rings. The number of rotatable bonds is 3. The maximum atomic E-state index is 13.4. The molecule has 5 nitrogen and oxygen atoms in total. The molecule has 104 valence electrons. The van der Waals surface area contributed by atoms with E-state index in [1.807, 2.05) is 10.6 Å². The molecule has 0 bridgehead atoms. The van der Waals surface area contributed by atoms with Crippen molar-refractivity contribution in [2.75, 3.05) is 0 Å². The highest BCUT2D eigenvalue weighted by atomic mass is 19.1. The van der Waals surface area contributed by atoms with Gasteiger partial charge in [-0.05, 0) is 25.0 Å². The number of hydrogen-bond donors (Lipinski definition) is 2. The molecule has 20 heavy (non-hydrogen) atoms. The van der Waals surface area contributed by atoms with Gasteiger partial charge in [-0.15, -0.1) is 0 Å². The van der Waals surface area contributed by atoms with Gasteiger partial charge in [0.25, 0.3) is 11.8 Å². The quantitative estimate of drug-likeness (QED) is 0.645. The second-order valence-electron chi connectivity index (χ2n) is 4.09. The van der Waals surface area contributed by atoms with Crippen LogP contribution in [0.4, 0.5) is 13.6 Å². The summed E-state index contributed by atoms with van der Waals surface area (Å²) in [5, 5.41) is 3.81. The number of imide groups is 2. The van der Waals surface area contributed by atoms with E-state index in [9.17, 15) is 23.2 Å². The lowest BCUT2D eigenvalue weighted by molar-refractivity contribution is -0.124. The van der Waals surface area contributed by atoms with Gasteiger partial charge in [0, 0.05) is 5.56 Å². The summed E-state index contributed by atoms with van der Waals surface area (Å²) in [6, 6.07) is 2.62. The number of urea groups is 1. The van der Waals surface area contributed by atoms with Crippen molar-refractivity contribution < 1.29 is 23.2 Å². The number of carbonyl (C=O) groups excluding carboxylic acids is 3. The molecule has 2 N–H and O–H groups in total. The van der Waals surface area contributed by atoms with Crippen LogP contribution in [0, 0.1) is 11.6 Å². The molecule has 0 aromatic heterocycles. The summed E-state index contributed by atoms with van der Waals surface area (Å²) in [5.74, 6) is -3.02. The number of halogens is 2. The van der Waals surface area contributed by atoms with E-state index < -0.39 is 29.5 Å². The van der Waals surface area contributed by atoms with Gasteiger partial charge in [0.1, 0.15) is 17.2 Å². The van der Waals surface area contributed by atoms with Crippen molar-refractivity contribution in [1.82, 2.24) is 10.6 Å². The highest BCUT2D eigenvalue weighted by Crippen LogP contribution is 2.15. The fourth-order valence-corrected chi connectivity index (χ4v) is 1.79. The fourth-order valence-electron chi connectivity index (χ4n) is 1.79. The Hall–Kier alpha value is -2.57. The summed E-state index contributed by atoms with van der Waals surface area (Å²) in [4.78, 5) is 33.6. The van der Waals surface area contributed by atoms with Crippen LogP contribution in [0.15, 0.2) is 29.8 Å². The van der Waals surface area contributed by atoms with Crippen molar-refractivity contribution in [3.05, 3.63) is 47.0 Å². The molecule has 2 rings (SSSR count). The first kappa shape index (κ1) is 13.9. The third-order valence-corrected chi connectivity index (χ3v) is 2.75. The predicted molar refractivity (Wildman–Crippen MR) is 64.4 cm³/mol. The molecule has 1 aromatic rings. The van der Waals surface area contributed by atoms with Crippen molar-refractivity contribution in [3.63, 3.8) is 0 Å². The van der Waals surface area contributed by atoms with E-state index in [-0.39, 0.29) is 24.0 Å². The molecule has 0 radical (unpaired) electrons. The van der Waals surface area contributed by atoms with Crippen molar-refractivity contribution >= 4 is 17.8 Å². The molecular formula is C13H10F2N2O3. The van der Waals surface area contributed by atoms with Crippen LogP contribution in [0.25, 0.3) is 0 Å². The number of hydrogen-bond acceptors (Lipinski definition) is 3. The first-order chi connectivity index (χ1) is 9.49. The molecule has 0 atom stereocenters. The standard InChI is InChI=1S/C13H10F2N2O3/c14-9-5-2-6-10(15)7(9)3-1-4-8-11(18)16-13(20)17-12(8)19/h2,4-6H,1,3H2,(H2,16,17,18,19,20). The molecule has 0 saturated carbocycles. The Kier molecular flexibility index (Phi) is 3.88. The molecule has 1 heterocycles. The average Bonchev–Trinajstić information content (AvgIpc) is 2.35. The molecule has 0 spiro atoms. The lowest BCUT2D eigenvalue weighted by Gasteiger charge is -2.13. The van der Waals surface area contributed by atoms with Gasteiger partial charge in [-0.3, -0.25) is 20.2 Å². The van der Waals surface area contributed by atoms with Crippen LogP contribution < -0.4 is 10.6 Å². The third-order valence-electron chi connectivity index (χ3n) is 2.75. The summed E-state index contributed by atoms with van der Waals surface area (Å²) < 4.78 is 26.7. The first-order valence-corrected chi connectivity index (χ1v) is 5.78. The highest BCUT2D eigenvalue weighted by Gasteiger charge is 2.27. The molecular weight excluding hydrogens is 270 g/mol. The summed E-state index contributed by atoms with van der Waals surface area (Å²) in [6.07, 6.45) is 1.32. The minimum absolute atomic E-state index is 0.00346. The minimum Gasteiger partial charge on any atom is -0.273 e. The normalized spacial score (nSPS) is 14.9. The predicted octanol–water partition coefficient (Wildman–Crippen LogP) is 1.19. The highest BCUT2D eigenvalue weighted by molar-refractivity contribution is 6.28. The van der Waals surface area contributed by atoms with Crippen LogP contribution in [0.2, 0.25) is 0 Å². The topological polar surface area (TPSA) is 75.3 Å². The molecule has 4 amide bonds. The van der Waals surface area contributed by atoms with Gasteiger partial charge >= 0.3 is 6.03 Å². The van der Waals surface area contributed by atoms with E-state index in [2.05, 4.69) is 0 Å². The molecule has 0 aliphatic carbocycles. The Morgan fingerprint density at radius 1 is 1.00 bits per heavy atom. The van der Waals surface area contributed by atoms with Crippen LogP contribution in [0.5, 0.6) is 0 Å². The fraction of sp³-hybridized carbons (Fsp3) is 0.154. The molecule has 7 heteroatoms. The zero-order valence-corrected chi connectivity index (χ0v) is 10.2. The van der Waals surface area contributed by atoms with E-state index in [4.69, 9.17) is 0 Å². The average molecular weight is 280 g/mol. The summed E-state index contributed by atoms with van der Waals surface area (Å²) in [7, 11) is 0. The molecule has 1 aliphatic heterocycles. The van der Waals surface area contributed by atoms with Gasteiger partial charge in [0.05, 0.1) is 0 Å². The molecule has 1 saturated heterocycles. The number of carbonyl (C=O) groups is 3. The number of barbiturate groups is 1. The molecule has 1 fully saturated rings. The van der Waals surface area contributed by atoms with Crippen LogP contribution in [0.1, 0.15) is 12.0 Å². The van der Waals surface area contributed by atoms with Gasteiger partial charge < -0.3 is 0 Å². The lowest BCUT2D eigenvalue weighted by atomic mass is 10.1. The van der Waals surface area contributed by atoms with Crippen LogP contribution >= 0.6 is 0 Å². The van der Waals surface area contributed by atoms with Crippen molar-refractivity contribution in [2.45, 2.75) is 12.8 Å². The second-order valence-corrected chi connectivity index (χ2v) is 4.09. The summed E-state index contributed by atoms with van der Waals surface area (Å²) in [6.45, 7) is 0. The van der Waals surface area contributed by atoms with E-state index >= 15 is 0 Å². The van der Waals surface area contributed by atoms with E-state index in [1.165, 1.54) is 12.1 Å². The number of nitrogens with one attached hydrogen (secondary N) is 2. The summed E-state index contributed by atoms with van der Waals surface area (Å²) >= 11 is 0. The maximum absolute atomic E-state index is 13.4. The zero-order valence-electron chi connectivity index (χ0n) is 10.2. The Balaban J connectivity index is 2.08. The maximum Gasteiger partial charge on any atom is 0.328 e. The van der Waals surface area contributed by atoms with Gasteiger partial charge in [-0.1, -0.05) is 12.1 Å². The third kappa shape index (κ3) is 2.87. The lowest BCUT2D eigenvalue weighted by Crippen LogP contribution is -2.51. The molecule has 1 aromatic carbocycles. The van der Waals surface area contributed by atoms with Crippen molar-refractivity contribution in [1.29, 1.82) is 0 Å². The van der Waals surface area contributed by atoms with E-state index in [0.717, 1.165) is 12.1 Å². The van der Waals surface area contributed by atoms with Gasteiger partial charge in [-0.2, -0.15) is 0 Å². The van der Waals surface area contributed by atoms with E-state index in [0.29, 0.717) is 0 Å². The van der Waals surface area contributed by atoms with E-state index in [1.54, 1.807) is 0 Å². The van der Waals surface area contributed by atoms with Crippen LogP contribution in [0.3, 0.4) is 0 Å². The Bertz CT molecular complexity index is 584. The largest absolute Gasteiger partial charge is 0.328 e. The Morgan fingerprint density at radius 3 is 2.10 bits per heavy atom. The zero-order chi connectivity index (χ0) is 14.7. The van der Waals surface area contributed by atoms with Gasteiger partial charge in [0.2, 0.25) is 0 Å². The SMILES string of the molecule is O=C1NC(=O)C(=CCCc2c(F)cccc2F)C(=O)N1. The summed E-state index contributed by atoms with van der Waals surface area (Å²) in [5.41, 5.74) is -0.363. The number of amides is 4. The van der Waals surface area contributed by atoms with Gasteiger partial charge in [0.15, 0.2) is 0 Å². The van der Waals surface area contributed by atoms with Crippen molar-refractivity contribution in [3.8, 4) is 0 Å². The van der Waals surface area contributed by atoms with Crippen LogP contribution in [-0.2, 0) is 16.0 Å². The van der Waals surface area contributed by atoms with Gasteiger partial charge in [-0.25, -0.2) is 13.6 Å². The first-order valence-electron chi connectivity index (χ1n) is 5.78. The minimum atomic E-state index is -0.891. The van der Waals surface area contributed by atoms with Crippen LogP contribution in [-0.4, -0.2) is 17.8 Å². The second kappa shape index (κ2) is 5.60. The monoisotopic (exact) mass is 280 g/mol. The smallest absolute Gasteiger partial charge is 0.273 e. The number of allylic oxidation sites excluding steroid dienone is 1. The Morgan fingerprint density at radius 2 is 1.55 bits per heavy atom.